The topological polar surface area (TPSA) is 72.5 Å². The number of hydrogen-bond donors (Lipinski definition) is 1. The van der Waals surface area contributed by atoms with Gasteiger partial charge in [-0.3, -0.25) is 14.4 Å². The summed E-state index contributed by atoms with van der Waals surface area (Å²) in [6.07, 6.45) is 0.551. The molecule has 1 amide bonds. The van der Waals surface area contributed by atoms with Crippen molar-refractivity contribution in [2.45, 2.75) is 25.7 Å². The molecule has 0 radical (unpaired) electrons. The lowest BCUT2D eigenvalue weighted by Gasteiger charge is -2.36. The predicted molar refractivity (Wildman–Crippen MR) is 93.3 cm³/mol. The van der Waals surface area contributed by atoms with Gasteiger partial charge in [0.05, 0.1) is 17.2 Å². The Balaban J connectivity index is 2.08. The molecule has 3 rings (SSSR count). The largest absolute Gasteiger partial charge is 0.468 e. The molecule has 25 heavy (non-hydrogen) atoms. The molecule has 0 aromatic heterocycles. The number of rotatable bonds is 2. The van der Waals surface area contributed by atoms with Gasteiger partial charge < -0.3 is 10.1 Å². The normalized spacial score (nSPS) is 26.2. The molecular formula is C18H17Cl2NO4. The van der Waals surface area contributed by atoms with Crippen molar-refractivity contribution >= 4 is 40.9 Å². The van der Waals surface area contributed by atoms with E-state index in [9.17, 15) is 14.4 Å². The van der Waals surface area contributed by atoms with Crippen LogP contribution in [-0.2, 0) is 19.1 Å². The molecule has 2 aliphatic rings. The highest BCUT2D eigenvalue weighted by molar-refractivity contribution is 6.42. The molecule has 132 valence electrons. The first-order valence-corrected chi connectivity index (χ1v) is 8.69. The molecule has 0 unspecified atom stereocenters. The predicted octanol–water partition coefficient (Wildman–Crippen LogP) is 3.25. The first-order valence-electron chi connectivity index (χ1n) is 7.93. The van der Waals surface area contributed by atoms with Crippen LogP contribution in [0.4, 0.5) is 0 Å². The molecule has 0 fully saturated rings. The smallest absolute Gasteiger partial charge is 0.316 e. The second-order valence-corrected chi connectivity index (χ2v) is 7.23. The summed E-state index contributed by atoms with van der Waals surface area (Å²) >= 11 is 12.1. The third kappa shape index (κ3) is 3.18. The first kappa shape index (κ1) is 18.0. The zero-order chi connectivity index (χ0) is 18.3. The molecular weight excluding hydrogens is 365 g/mol. The van der Waals surface area contributed by atoms with Crippen LogP contribution in [0.5, 0.6) is 0 Å². The molecule has 1 N–H and O–H groups in total. The van der Waals surface area contributed by atoms with Gasteiger partial charge in [0, 0.05) is 23.6 Å². The minimum atomic E-state index is -0.857. The van der Waals surface area contributed by atoms with E-state index in [1.54, 1.807) is 25.1 Å². The minimum Gasteiger partial charge on any atom is -0.468 e. The number of carbonyl (C=O) groups is 3. The highest BCUT2D eigenvalue weighted by Crippen LogP contribution is 2.42. The van der Waals surface area contributed by atoms with Gasteiger partial charge in [0.25, 0.3) is 0 Å². The number of ether oxygens (including phenoxy) is 1. The number of nitrogens with one attached hydrogen (secondary N) is 1. The number of hydrogen-bond acceptors (Lipinski definition) is 4. The van der Waals surface area contributed by atoms with Crippen molar-refractivity contribution in [3.05, 3.63) is 45.1 Å². The highest BCUT2D eigenvalue weighted by Gasteiger charge is 2.45. The van der Waals surface area contributed by atoms with Gasteiger partial charge in [-0.1, -0.05) is 36.2 Å². The van der Waals surface area contributed by atoms with Crippen LogP contribution < -0.4 is 5.32 Å². The van der Waals surface area contributed by atoms with Crippen molar-refractivity contribution < 1.29 is 19.1 Å². The average Bonchev–Trinajstić information content (AvgIpc) is 2.55. The number of benzene rings is 1. The van der Waals surface area contributed by atoms with Crippen LogP contribution in [0.3, 0.4) is 0 Å². The van der Waals surface area contributed by atoms with Gasteiger partial charge in [0.2, 0.25) is 5.91 Å². The van der Waals surface area contributed by atoms with Crippen LogP contribution >= 0.6 is 23.2 Å². The first-order chi connectivity index (χ1) is 11.8. The van der Waals surface area contributed by atoms with Crippen molar-refractivity contribution in [1.82, 2.24) is 5.32 Å². The van der Waals surface area contributed by atoms with Gasteiger partial charge in [-0.15, -0.1) is 0 Å². The molecule has 7 heteroatoms. The van der Waals surface area contributed by atoms with Crippen molar-refractivity contribution in [2.75, 3.05) is 7.11 Å². The number of carbonyl (C=O) groups excluding carboxylic acids is 3. The lowest BCUT2D eigenvalue weighted by Crippen LogP contribution is -2.44. The number of halogens is 2. The molecule has 1 aliphatic carbocycles. The number of Topliss-reactive ketones (excluding diaryl/α,β-unsaturated/α-hetero) is 1. The number of amides is 1. The lowest BCUT2D eigenvalue weighted by molar-refractivity contribution is -0.151. The summed E-state index contributed by atoms with van der Waals surface area (Å²) in [7, 11) is 1.27. The Kier molecular flexibility index (Phi) is 4.89. The van der Waals surface area contributed by atoms with Crippen molar-refractivity contribution in [3.8, 4) is 0 Å². The Morgan fingerprint density at radius 3 is 2.56 bits per heavy atom. The summed E-state index contributed by atoms with van der Waals surface area (Å²) in [5, 5.41) is 3.55. The van der Waals surface area contributed by atoms with E-state index in [2.05, 4.69) is 5.32 Å². The van der Waals surface area contributed by atoms with E-state index in [1.165, 1.54) is 7.11 Å². The van der Waals surface area contributed by atoms with Crippen LogP contribution in [0, 0.1) is 11.8 Å². The maximum atomic E-state index is 13.0. The lowest BCUT2D eigenvalue weighted by atomic mass is 9.70. The van der Waals surface area contributed by atoms with Crippen molar-refractivity contribution in [1.29, 1.82) is 0 Å². The van der Waals surface area contributed by atoms with Crippen LogP contribution in [0.2, 0.25) is 10.0 Å². The van der Waals surface area contributed by atoms with E-state index in [-0.39, 0.29) is 24.0 Å². The minimum absolute atomic E-state index is 0.116. The molecule has 1 heterocycles. The Hall–Kier alpha value is -1.85. The van der Waals surface area contributed by atoms with Gasteiger partial charge in [0.15, 0.2) is 5.78 Å². The van der Waals surface area contributed by atoms with E-state index < -0.39 is 17.8 Å². The van der Waals surface area contributed by atoms with E-state index in [4.69, 9.17) is 27.9 Å². The fourth-order valence-electron chi connectivity index (χ4n) is 3.61. The quantitative estimate of drug-likeness (QED) is 0.630. The third-order valence-corrected chi connectivity index (χ3v) is 5.54. The monoisotopic (exact) mass is 381 g/mol. The second-order valence-electron chi connectivity index (χ2n) is 6.42. The van der Waals surface area contributed by atoms with E-state index >= 15 is 0 Å². The number of ketones is 1. The Morgan fingerprint density at radius 1 is 1.20 bits per heavy atom. The van der Waals surface area contributed by atoms with E-state index in [1.807, 2.05) is 0 Å². The standard InChI is InChI=1S/C18H17Cl2NO4/c1-8-5-13-16(17(23)15(8)18(24)25-2)10(7-14(22)21-13)9-3-4-11(19)12(20)6-9/h3-4,6,8,10,15H,5,7H2,1-2H3,(H,21,22)/t8-,10+,15+/m0/s1. The summed E-state index contributed by atoms with van der Waals surface area (Å²) in [6, 6.07) is 5.05. The van der Waals surface area contributed by atoms with Gasteiger partial charge in [-0.25, -0.2) is 0 Å². The van der Waals surface area contributed by atoms with E-state index in [0.717, 1.165) is 5.56 Å². The summed E-state index contributed by atoms with van der Waals surface area (Å²) in [6.45, 7) is 1.80. The highest BCUT2D eigenvalue weighted by atomic mass is 35.5. The molecule has 3 atom stereocenters. The van der Waals surface area contributed by atoms with Crippen LogP contribution in [0.25, 0.3) is 0 Å². The fraction of sp³-hybridized carbons (Fsp3) is 0.389. The molecule has 0 saturated heterocycles. The molecule has 5 nitrogen and oxygen atoms in total. The van der Waals surface area contributed by atoms with Gasteiger partial charge in [0.1, 0.15) is 5.92 Å². The van der Waals surface area contributed by atoms with Crippen molar-refractivity contribution in [2.24, 2.45) is 11.8 Å². The second kappa shape index (κ2) is 6.81. The summed E-state index contributed by atoms with van der Waals surface area (Å²) in [4.78, 5) is 37.3. The van der Waals surface area contributed by atoms with Crippen molar-refractivity contribution in [3.63, 3.8) is 0 Å². The van der Waals surface area contributed by atoms with Crippen LogP contribution in [0.1, 0.15) is 31.2 Å². The maximum absolute atomic E-state index is 13.0. The molecule has 1 aromatic carbocycles. The molecule has 1 aliphatic heterocycles. The molecule has 0 saturated carbocycles. The Labute approximate surface area is 155 Å². The molecule has 0 spiro atoms. The Morgan fingerprint density at radius 2 is 1.92 bits per heavy atom. The number of allylic oxidation sites excluding steroid dienone is 2. The Bertz CT molecular complexity index is 802. The van der Waals surface area contributed by atoms with Gasteiger partial charge in [-0.05, 0) is 30.0 Å². The van der Waals surface area contributed by atoms with Crippen LogP contribution in [0.15, 0.2) is 29.5 Å². The summed E-state index contributed by atoms with van der Waals surface area (Å²) in [5.41, 5.74) is 1.78. The molecule has 1 aromatic rings. The summed E-state index contributed by atoms with van der Waals surface area (Å²) < 4.78 is 4.80. The average molecular weight is 382 g/mol. The zero-order valence-electron chi connectivity index (χ0n) is 13.8. The van der Waals surface area contributed by atoms with Crippen LogP contribution in [-0.4, -0.2) is 24.8 Å². The maximum Gasteiger partial charge on any atom is 0.316 e. The van der Waals surface area contributed by atoms with E-state index in [0.29, 0.717) is 27.7 Å². The summed E-state index contributed by atoms with van der Waals surface area (Å²) in [5.74, 6) is -2.56. The zero-order valence-corrected chi connectivity index (χ0v) is 15.3. The third-order valence-electron chi connectivity index (χ3n) is 4.80. The number of esters is 1. The number of methoxy groups -OCH3 is 1. The van der Waals surface area contributed by atoms with Gasteiger partial charge >= 0.3 is 5.97 Å². The fourth-order valence-corrected chi connectivity index (χ4v) is 3.92. The van der Waals surface area contributed by atoms with Gasteiger partial charge in [-0.2, -0.15) is 0 Å². The SMILES string of the molecule is COC(=O)[C@H]1C(=O)C2=C(C[C@@H]1C)NC(=O)C[C@@H]2c1ccc(Cl)c(Cl)c1. The molecule has 0 bridgehead atoms.